The quantitative estimate of drug-likeness (QED) is 0.146. The zero-order valence-corrected chi connectivity index (χ0v) is 25.3. The molecule has 0 radical (unpaired) electrons. The van der Waals surface area contributed by atoms with E-state index in [1.165, 1.54) is 29.5 Å². The van der Waals surface area contributed by atoms with Crippen molar-refractivity contribution >= 4 is 77.5 Å². The first-order valence-corrected chi connectivity index (χ1v) is 16.2. The number of benzene rings is 3. The lowest BCUT2D eigenvalue weighted by Gasteiger charge is -2.55. The van der Waals surface area contributed by atoms with E-state index >= 15 is 0 Å². The number of anilines is 3. The summed E-state index contributed by atoms with van der Waals surface area (Å²) in [6.45, 7) is 6.08. The first-order valence-electron chi connectivity index (χ1n) is 13.5. The predicted octanol–water partition coefficient (Wildman–Crippen LogP) is 6.02. The number of allylic oxidation sites excluding steroid dienone is 1. The van der Waals surface area contributed by atoms with Crippen LogP contribution in [0.25, 0.3) is 16.3 Å². The van der Waals surface area contributed by atoms with Gasteiger partial charge >= 0.3 is 0 Å². The van der Waals surface area contributed by atoms with Crippen LogP contribution in [-0.2, 0) is 14.9 Å². The van der Waals surface area contributed by atoms with Crippen molar-refractivity contribution in [3.63, 3.8) is 0 Å². The maximum absolute atomic E-state index is 13.4. The van der Waals surface area contributed by atoms with Crippen LogP contribution in [-0.4, -0.2) is 53.7 Å². The molecule has 12 heteroatoms. The minimum absolute atomic E-state index is 0.271. The summed E-state index contributed by atoms with van der Waals surface area (Å²) in [7, 11) is -4.48. The Bertz CT molecular complexity index is 1800. The van der Waals surface area contributed by atoms with Crippen molar-refractivity contribution in [2.24, 2.45) is 5.10 Å². The number of para-hydroxylation sites is 1. The maximum atomic E-state index is 13.4. The van der Waals surface area contributed by atoms with Gasteiger partial charge in [-0.2, -0.15) is 13.5 Å². The van der Waals surface area contributed by atoms with Crippen molar-refractivity contribution < 1.29 is 17.8 Å². The average Bonchev–Trinajstić information content (AvgIpc) is 3.60. The van der Waals surface area contributed by atoms with Crippen molar-refractivity contribution in [2.45, 2.75) is 36.2 Å². The Morgan fingerprint density at radius 3 is 2.50 bits per heavy atom. The summed E-state index contributed by atoms with van der Waals surface area (Å²) in [6, 6.07) is 21.6. The normalized spacial score (nSPS) is 20.5. The standard InChI is InChI=1S/C30H28ClN5O4S2/c1-3-34(4-2)22-16-13-20(14-17-22)12-15-21-19-30(36(33-21)23-8-7-9-24(18-23)42(38,39)40)27(31)28(37)35(30)29-32-25-10-5-6-11-26(25)41-29/h5-18,27H,3-4,19H2,1-2H3,(H,38,39,40)/b15-12+. The minimum atomic E-state index is -4.48. The molecule has 0 bridgehead atoms. The largest absolute Gasteiger partial charge is 0.372 e. The number of carbonyl (C=O) groups is 1. The Labute approximate surface area is 253 Å². The molecule has 0 saturated carbocycles. The average molecular weight is 622 g/mol. The van der Waals surface area contributed by atoms with E-state index in [-0.39, 0.29) is 17.2 Å². The summed E-state index contributed by atoms with van der Waals surface area (Å²) in [6.07, 6.45) is 4.10. The number of hydrogen-bond acceptors (Lipinski definition) is 8. The lowest BCUT2D eigenvalue weighted by Crippen LogP contribution is -2.78. The molecular weight excluding hydrogens is 594 g/mol. The summed E-state index contributed by atoms with van der Waals surface area (Å²) < 4.78 is 34.6. The number of β-lactam (4-membered cyclic amide) rings is 1. The van der Waals surface area contributed by atoms with Crippen LogP contribution in [0.5, 0.6) is 0 Å². The van der Waals surface area contributed by atoms with Gasteiger partial charge < -0.3 is 4.90 Å². The molecule has 2 aliphatic rings. The van der Waals surface area contributed by atoms with Gasteiger partial charge in [0.25, 0.3) is 16.0 Å². The molecule has 0 aliphatic carbocycles. The zero-order valence-electron chi connectivity index (χ0n) is 22.9. The molecular formula is C30H28ClN5O4S2. The molecule has 1 spiro atoms. The van der Waals surface area contributed by atoms with Crippen molar-refractivity contribution in [1.29, 1.82) is 0 Å². The molecule has 6 rings (SSSR count). The molecule has 42 heavy (non-hydrogen) atoms. The topological polar surface area (TPSA) is 106 Å². The molecule has 4 aromatic rings. The summed E-state index contributed by atoms with van der Waals surface area (Å²) in [5.74, 6) is -0.320. The van der Waals surface area contributed by atoms with Gasteiger partial charge in [-0.1, -0.05) is 47.7 Å². The predicted molar refractivity (Wildman–Crippen MR) is 169 cm³/mol. The van der Waals surface area contributed by atoms with E-state index in [0.717, 1.165) is 34.6 Å². The maximum Gasteiger partial charge on any atom is 0.294 e. The molecule has 216 valence electrons. The number of carbonyl (C=O) groups excluding carboxylic acids is 1. The first-order chi connectivity index (χ1) is 20.2. The summed E-state index contributed by atoms with van der Waals surface area (Å²) in [4.78, 5) is 21.6. The minimum Gasteiger partial charge on any atom is -0.372 e. The Kier molecular flexibility index (Phi) is 7.30. The monoisotopic (exact) mass is 621 g/mol. The molecule has 2 aliphatic heterocycles. The highest BCUT2D eigenvalue weighted by molar-refractivity contribution is 7.85. The third-order valence-electron chi connectivity index (χ3n) is 7.59. The molecule has 1 fully saturated rings. The smallest absolute Gasteiger partial charge is 0.294 e. The summed E-state index contributed by atoms with van der Waals surface area (Å²) in [5, 5.41) is 5.90. The van der Waals surface area contributed by atoms with E-state index < -0.39 is 21.2 Å². The van der Waals surface area contributed by atoms with E-state index in [1.54, 1.807) is 16.0 Å². The van der Waals surface area contributed by atoms with E-state index in [0.29, 0.717) is 16.5 Å². The fourth-order valence-electron chi connectivity index (χ4n) is 5.45. The van der Waals surface area contributed by atoms with Crippen LogP contribution < -0.4 is 14.8 Å². The molecule has 1 aromatic heterocycles. The Balaban J connectivity index is 1.40. The van der Waals surface area contributed by atoms with Crippen LogP contribution >= 0.6 is 22.9 Å². The van der Waals surface area contributed by atoms with Crippen LogP contribution in [0.3, 0.4) is 0 Å². The third kappa shape index (κ3) is 4.76. The number of fused-ring (bicyclic) bond motifs is 1. The van der Waals surface area contributed by atoms with Crippen LogP contribution in [0.1, 0.15) is 25.8 Å². The Morgan fingerprint density at radius 1 is 1.07 bits per heavy atom. The van der Waals surface area contributed by atoms with Gasteiger partial charge in [-0.05, 0) is 68.0 Å². The number of hydrogen-bond donors (Lipinski definition) is 1. The molecule has 2 atom stereocenters. The van der Waals surface area contributed by atoms with E-state index in [1.807, 2.05) is 48.6 Å². The SMILES string of the molecule is CCN(CC)c1ccc(/C=C/C2=NN(c3cccc(S(=O)(=O)O)c3)C3(C2)C(Cl)C(=O)N3c2nc3ccccc3s2)cc1. The second-order valence-corrected chi connectivity index (χ2v) is 12.9. The number of hydrazone groups is 1. The molecule has 1 saturated heterocycles. The van der Waals surface area contributed by atoms with Crippen molar-refractivity contribution in [3.8, 4) is 0 Å². The fourth-order valence-corrected chi connectivity index (χ4v) is 7.38. The van der Waals surface area contributed by atoms with Gasteiger partial charge in [0.2, 0.25) is 0 Å². The van der Waals surface area contributed by atoms with Gasteiger partial charge in [-0.15, -0.1) is 11.6 Å². The highest BCUT2D eigenvalue weighted by Crippen LogP contribution is 2.51. The van der Waals surface area contributed by atoms with Crippen LogP contribution in [0.2, 0.25) is 0 Å². The number of amides is 1. The van der Waals surface area contributed by atoms with Crippen molar-refractivity contribution in [3.05, 3.63) is 84.4 Å². The number of rotatable bonds is 8. The molecule has 3 heterocycles. The van der Waals surface area contributed by atoms with Gasteiger partial charge in [0.15, 0.2) is 16.2 Å². The van der Waals surface area contributed by atoms with Crippen LogP contribution in [0.4, 0.5) is 16.5 Å². The van der Waals surface area contributed by atoms with Gasteiger partial charge in [0.05, 0.1) is 26.5 Å². The number of thiazole rings is 1. The Hall–Kier alpha value is -3.77. The second kappa shape index (κ2) is 10.8. The number of alkyl halides is 1. The molecule has 2 unspecified atom stereocenters. The highest BCUT2D eigenvalue weighted by atomic mass is 35.5. The summed E-state index contributed by atoms with van der Waals surface area (Å²) >= 11 is 8.18. The van der Waals surface area contributed by atoms with E-state index in [9.17, 15) is 17.8 Å². The van der Waals surface area contributed by atoms with Crippen LogP contribution in [0.15, 0.2) is 88.9 Å². The number of nitrogens with zero attached hydrogens (tertiary/aromatic N) is 5. The zero-order chi connectivity index (χ0) is 29.6. The van der Waals surface area contributed by atoms with Gasteiger partial charge in [-0.25, -0.2) is 9.99 Å². The third-order valence-corrected chi connectivity index (χ3v) is 10.00. The first kappa shape index (κ1) is 28.4. The molecule has 1 amide bonds. The van der Waals surface area contributed by atoms with Gasteiger partial charge in [0.1, 0.15) is 0 Å². The second-order valence-electron chi connectivity index (χ2n) is 10.0. The summed E-state index contributed by atoms with van der Waals surface area (Å²) in [5.41, 5.74) is 2.71. The number of halogens is 1. The van der Waals surface area contributed by atoms with Crippen LogP contribution in [0, 0.1) is 0 Å². The van der Waals surface area contributed by atoms with Gasteiger partial charge in [-0.3, -0.25) is 14.2 Å². The molecule has 3 aromatic carbocycles. The molecule has 9 nitrogen and oxygen atoms in total. The van der Waals surface area contributed by atoms with E-state index in [2.05, 4.69) is 30.9 Å². The fraction of sp³-hybridized carbons (Fsp3) is 0.233. The van der Waals surface area contributed by atoms with Crippen molar-refractivity contribution in [2.75, 3.05) is 27.9 Å². The Morgan fingerprint density at radius 2 is 1.81 bits per heavy atom. The van der Waals surface area contributed by atoms with E-state index in [4.69, 9.17) is 21.7 Å². The van der Waals surface area contributed by atoms with Gasteiger partial charge in [0, 0.05) is 25.2 Å². The highest BCUT2D eigenvalue weighted by Gasteiger charge is 2.67. The number of aromatic nitrogens is 1. The lowest BCUT2D eigenvalue weighted by atomic mass is 9.87. The van der Waals surface area contributed by atoms with Crippen molar-refractivity contribution in [1.82, 2.24) is 4.98 Å². The molecule has 1 N–H and O–H groups in total. The lowest BCUT2D eigenvalue weighted by molar-refractivity contribution is -0.126.